The Balaban J connectivity index is 1.36. The molecule has 0 radical (unpaired) electrons. The van der Waals surface area contributed by atoms with Gasteiger partial charge in [-0.15, -0.1) is 0 Å². The average Bonchev–Trinajstić information content (AvgIpc) is 3.41. The molecule has 32 heavy (non-hydrogen) atoms. The van der Waals surface area contributed by atoms with E-state index in [9.17, 15) is 14.0 Å². The molecule has 4 aromatic rings. The number of H-pyrrole nitrogens is 1. The molecule has 1 aliphatic rings. The maximum Gasteiger partial charge on any atom is 0.254 e. The fourth-order valence-corrected chi connectivity index (χ4v) is 4.28. The summed E-state index contributed by atoms with van der Waals surface area (Å²) in [5.74, 6) is -0.907. The third-order valence-electron chi connectivity index (χ3n) is 5.98. The Hall–Kier alpha value is -3.74. The van der Waals surface area contributed by atoms with Crippen molar-refractivity contribution in [3.63, 3.8) is 0 Å². The number of aromatic amines is 1. The third-order valence-corrected chi connectivity index (χ3v) is 5.98. The molecule has 3 aromatic carbocycles. The van der Waals surface area contributed by atoms with E-state index in [1.807, 2.05) is 42.5 Å². The number of aromatic nitrogens is 2. The highest BCUT2D eigenvalue weighted by molar-refractivity contribution is 6.02. The number of fused-ring (bicyclic) bond motifs is 2. The lowest BCUT2D eigenvalue weighted by molar-refractivity contribution is -0.127. The molecule has 0 saturated carbocycles. The van der Waals surface area contributed by atoms with Gasteiger partial charge in [0.2, 0.25) is 5.91 Å². The molecule has 0 unspecified atom stereocenters. The number of nitrogens with one attached hydrogen (secondary N) is 2. The first-order chi connectivity index (χ1) is 15.6. The Kier molecular flexibility index (Phi) is 5.31. The molecular formula is C25H23FN4O2. The van der Waals surface area contributed by atoms with Gasteiger partial charge in [0.05, 0.1) is 16.8 Å². The second-order valence-electron chi connectivity index (χ2n) is 8.11. The maximum atomic E-state index is 14.6. The summed E-state index contributed by atoms with van der Waals surface area (Å²) >= 11 is 0. The monoisotopic (exact) mass is 430 g/mol. The van der Waals surface area contributed by atoms with Crippen LogP contribution in [0.5, 0.6) is 0 Å². The van der Waals surface area contributed by atoms with Crippen LogP contribution in [0, 0.1) is 5.82 Å². The number of amides is 2. The minimum atomic E-state index is -0.599. The molecule has 0 spiro atoms. The summed E-state index contributed by atoms with van der Waals surface area (Å²) in [4.78, 5) is 26.1. The van der Waals surface area contributed by atoms with Crippen LogP contribution >= 0.6 is 0 Å². The summed E-state index contributed by atoms with van der Waals surface area (Å²) in [6, 6.07) is 16.9. The number of hydrogen-bond donors (Lipinski definition) is 2. The van der Waals surface area contributed by atoms with Gasteiger partial charge in [0.1, 0.15) is 5.82 Å². The molecule has 0 aliphatic carbocycles. The van der Waals surface area contributed by atoms with Crippen molar-refractivity contribution < 1.29 is 14.0 Å². The van der Waals surface area contributed by atoms with Crippen LogP contribution in [0.2, 0.25) is 0 Å². The Morgan fingerprint density at radius 2 is 1.97 bits per heavy atom. The lowest BCUT2D eigenvalue weighted by Crippen LogP contribution is -2.31. The molecule has 6 nitrogen and oxygen atoms in total. The van der Waals surface area contributed by atoms with Crippen molar-refractivity contribution in [2.24, 2.45) is 0 Å². The van der Waals surface area contributed by atoms with E-state index in [0.717, 1.165) is 29.3 Å². The van der Waals surface area contributed by atoms with Crippen LogP contribution in [-0.2, 0) is 4.79 Å². The number of hydrogen-bond acceptors (Lipinski definition) is 3. The minimum absolute atomic E-state index is 0.0156. The van der Waals surface area contributed by atoms with E-state index in [4.69, 9.17) is 0 Å². The van der Waals surface area contributed by atoms with Crippen molar-refractivity contribution in [2.45, 2.75) is 19.3 Å². The third kappa shape index (κ3) is 3.82. The SMILES string of the molecule is O=C(NCCCN1CCCC1=O)c1cc2c(-c3ccc4ccccc4c3)n[nH]c2cc1F. The number of halogens is 1. The zero-order valence-electron chi connectivity index (χ0n) is 17.5. The van der Waals surface area contributed by atoms with Crippen LogP contribution in [0.1, 0.15) is 29.6 Å². The van der Waals surface area contributed by atoms with Crippen molar-refractivity contribution in [2.75, 3.05) is 19.6 Å². The molecule has 2 heterocycles. The Bertz CT molecular complexity index is 1330. The molecule has 162 valence electrons. The van der Waals surface area contributed by atoms with Gasteiger partial charge >= 0.3 is 0 Å². The molecule has 0 bridgehead atoms. The van der Waals surface area contributed by atoms with E-state index in [1.165, 1.54) is 6.07 Å². The molecule has 1 aliphatic heterocycles. The van der Waals surface area contributed by atoms with Gasteiger partial charge in [-0.05, 0) is 35.7 Å². The van der Waals surface area contributed by atoms with E-state index in [0.29, 0.717) is 42.5 Å². The summed E-state index contributed by atoms with van der Waals surface area (Å²) in [7, 11) is 0. The van der Waals surface area contributed by atoms with E-state index >= 15 is 0 Å². The molecule has 7 heteroatoms. The number of nitrogens with zero attached hydrogens (tertiary/aromatic N) is 2. The zero-order chi connectivity index (χ0) is 22.1. The summed E-state index contributed by atoms with van der Waals surface area (Å²) in [5, 5.41) is 12.9. The predicted molar refractivity (Wildman–Crippen MR) is 122 cm³/mol. The second-order valence-corrected chi connectivity index (χ2v) is 8.11. The topological polar surface area (TPSA) is 78.1 Å². The van der Waals surface area contributed by atoms with Crippen LogP contribution in [0.4, 0.5) is 4.39 Å². The van der Waals surface area contributed by atoms with Gasteiger partial charge in [-0.25, -0.2) is 4.39 Å². The van der Waals surface area contributed by atoms with E-state index in [2.05, 4.69) is 15.5 Å². The average molecular weight is 430 g/mol. The highest BCUT2D eigenvalue weighted by Crippen LogP contribution is 2.30. The van der Waals surface area contributed by atoms with Crippen molar-refractivity contribution in [3.8, 4) is 11.3 Å². The summed E-state index contributed by atoms with van der Waals surface area (Å²) in [5.41, 5.74) is 2.09. The zero-order valence-corrected chi connectivity index (χ0v) is 17.5. The van der Waals surface area contributed by atoms with Crippen molar-refractivity contribution >= 4 is 33.5 Å². The molecule has 5 rings (SSSR count). The van der Waals surface area contributed by atoms with E-state index < -0.39 is 11.7 Å². The fraction of sp³-hybridized carbons (Fsp3) is 0.240. The standard InChI is InChI=1S/C25H23FN4O2/c26-21-15-22-20(14-19(21)25(32)27-10-4-12-30-11-3-7-23(30)31)24(29-28-22)18-9-8-16-5-1-2-6-17(16)13-18/h1-2,5-6,8-9,13-15H,3-4,7,10-12H2,(H,27,32)(H,28,29). The predicted octanol–water partition coefficient (Wildman–Crippen LogP) is 4.26. The minimum Gasteiger partial charge on any atom is -0.352 e. The summed E-state index contributed by atoms with van der Waals surface area (Å²) < 4.78 is 14.6. The lowest BCUT2D eigenvalue weighted by Gasteiger charge is -2.15. The van der Waals surface area contributed by atoms with E-state index in [1.54, 1.807) is 11.0 Å². The van der Waals surface area contributed by atoms with Gasteiger partial charge in [-0.2, -0.15) is 5.10 Å². The van der Waals surface area contributed by atoms with Crippen LogP contribution in [0.15, 0.2) is 54.6 Å². The van der Waals surface area contributed by atoms with Crippen molar-refractivity contribution in [1.29, 1.82) is 0 Å². The van der Waals surface area contributed by atoms with Gasteiger partial charge in [0, 0.05) is 43.1 Å². The van der Waals surface area contributed by atoms with Crippen LogP contribution in [0.3, 0.4) is 0 Å². The molecule has 0 atom stereocenters. The quantitative estimate of drug-likeness (QED) is 0.449. The maximum absolute atomic E-state index is 14.6. The van der Waals surface area contributed by atoms with Crippen LogP contribution in [0.25, 0.3) is 32.9 Å². The van der Waals surface area contributed by atoms with Gasteiger partial charge in [-0.3, -0.25) is 14.7 Å². The number of benzene rings is 3. The molecule has 1 fully saturated rings. The second kappa shape index (κ2) is 8.42. The number of carbonyl (C=O) groups is 2. The highest BCUT2D eigenvalue weighted by atomic mass is 19.1. The first-order valence-electron chi connectivity index (χ1n) is 10.8. The largest absolute Gasteiger partial charge is 0.352 e. The summed E-state index contributed by atoms with van der Waals surface area (Å²) in [6.45, 7) is 1.76. The van der Waals surface area contributed by atoms with Gasteiger partial charge in [-0.1, -0.05) is 36.4 Å². The van der Waals surface area contributed by atoms with Crippen LogP contribution < -0.4 is 5.32 Å². The molecule has 1 saturated heterocycles. The summed E-state index contributed by atoms with van der Waals surface area (Å²) in [6.07, 6.45) is 2.12. The molecular weight excluding hydrogens is 407 g/mol. The van der Waals surface area contributed by atoms with Gasteiger partial charge in [0.25, 0.3) is 5.91 Å². The smallest absolute Gasteiger partial charge is 0.254 e. The first kappa shape index (κ1) is 20.2. The first-order valence-corrected chi connectivity index (χ1v) is 10.8. The normalized spacial score (nSPS) is 13.9. The van der Waals surface area contributed by atoms with Gasteiger partial charge in [0.15, 0.2) is 0 Å². The number of carbonyl (C=O) groups excluding carboxylic acids is 2. The molecule has 1 aromatic heterocycles. The lowest BCUT2D eigenvalue weighted by atomic mass is 10.0. The van der Waals surface area contributed by atoms with E-state index in [-0.39, 0.29) is 11.5 Å². The van der Waals surface area contributed by atoms with Crippen molar-refractivity contribution in [1.82, 2.24) is 20.4 Å². The molecule has 2 N–H and O–H groups in total. The highest BCUT2D eigenvalue weighted by Gasteiger charge is 2.20. The Morgan fingerprint density at radius 1 is 1.12 bits per heavy atom. The number of likely N-dealkylation sites (tertiary alicyclic amines) is 1. The Labute approximate surface area is 184 Å². The fourth-order valence-electron chi connectivity index (χ4n) is 4.28. The van der Waals surface area contributed by atoms with Crippen LogP contribution in [-0.4, -0.2) is 46.5 Å². The van der Waals surface area contributed by atoms with Crippen molar-refractivity contribution in [3.05, 3.63) is 66.0 Å². The van der Waals surface area contributed by atoms with Gasteiger partial charge < -0.3 is 10.2 Å². The Morgan fingerprint density at radius 3 is 2.78 bits per heavy atom. The number of rotatable bonds is 6. The molecule has 2 amide bonds.